The molecule has 1 heterocycles. The number of H-pyrrole nitrogens is 1. The van der Waals surface area contributed by atoms with Crippen molar-refractivity contribution in [2.75, 3.05) is 19.4 Å². The lowest BCUT2D eigenvalue weighted by atomic mass is 10.0. The lowest BCUT2D eigenvalue weighted by molar-refractivity contribution is 0.103. The fraction of sp³-hybridized carbons (Fsp3) is 0.118. The first kappa shape index (κ1) is 14.8. The van der Waals surface area contributed by atoms with E-state index in [0.29, 0.717) is 28.1 Å². The van der Waals surface area contributed by atoms with Crippen molar-refractivity contribution < 1.29 is 9.59 Å². The summed E-state index contributed by atoms with van der Waals surface area (Å²) < 4.78 is 0. The number of fused-ring (bicyclic) bond motifs is 1. The van der Waals surface area contributed by atoms with E-state index in [1.807, 2.05) is 18.2 Å². The molecule has 3 rings (SSSR count). The molecule has 0 radical (unpaired) electrons. The lowest BCUT2D eigenvalue weighted by Crippen LogP contribution is -2.27. The van der Waals surface area contributed by atoms with Gasteiger partial charge in [0.15, 0.2) is 5.78 Å². The van der Waals surface area contributed by atoms with Crippen LogP contribution in [0.5, 0.6) is 0 Å². The quantitative estimate of drug-likeness (QED) is 0.730. The number of imidazole rings is 1. The molecule has 2 N–H and O–H groups in total. The minimum atomic E-state index is -0.273. The van der Waals surface area contributed by atoms with E-state index in [1.165, 1.54) is 4.90 Å². The molecule has 0 fully saturated rings. The van der Waals surface area contributed by atoms with Crippen LogP contribution in [0.3, 0.4) is 0 Å². The molecule has 3 aromatic rings. The Labute approximate surface area is 133 Å². The fourth-order valence-corrected chi connectivity index (χ4v) is 2.18. The fourth-order valence-electron chi connectivity index (χ4n) is 2.18. The smallest absolute Gasteiger partial charge is 0.323 e. The van der Waals surface area contributed by atoms with E-state index in [4.69, 9.17) is 0 Å². The SMILES string of the molecule is CN(C)C(=O)Nc1nc2ccc(C(=O)c3ccccc3)cc2[nH]1. The van der Waals surface area contributed by atoms with Crippen molar-refractivity contribution in [3.05, 3.63) is 59.7 Å². The summed E-state index contributed by atoms with van der Waals surface area (Å²) in [6.45, 7) is 0. The Hall–Kier alpha value is -3.15. The van der Waals surface area contributed by atoms with Crippen molar-refractivity contribution in [2.24, 2.45) is 0 Å². The number of aromatic nitrogens is 2. The van der Waals surface area contributed by atoms with E-state index in [2.05, 4.69) is 15.3 Å². The number of carbonyl (C=O) groups excluding carboxylic acids is 2. The van der Waals surface area contributed by atoms with Crippen molar-refractivity contribution in [3.8, 4) is 0 Å². The van der Waals surface area contributed by atoms with Gasteiger partial charge in [0.2, 0.25) is 5.95 Å². The van der Waals surface area contributed by atoms with Crippen LogP contribution in [0, 0.1) is 0 Å². The summed E-state index contributed by atoms with van der Waals surface area (Å²) in [5.74, 6) is 0.295. The normalized spacial score (nSPS) is 10.5. The Kier molecular flexibility index (Phi) is 3.80. The van der Waals surface area contributed by atoms with E-state index < -0.39 is 0 Å². The molecule has 1 aromatic heterocycles. The van der Waals surface area contributed by atoms with Gasteiger partial charge in [-0.05, 0) is 18.2 Å². The van der Waals surface area contributed by atoms with E-state index in [1.54, 1.807) is 44.4 Å². The summed E-state index contributed by atoms with van der Waals surface area (Å²) in [7, 11) is 3.29. The number of urea groups is 1. The van der Waals surface area contributed by atoms with Crippen molar-refractivity contribution in [3.63, 3.8) is 0 Å². The monoisotopic (exact) mass is 308 g/mol. The summed E-state index contributed by atoms with van der Waals surface area (Å²) >= 11 is 0. The highest BCUT2D eigenvalue weighted by molar-refractivity contribution is 6.10. The summed E-state index contributed by atoms with van der Waals surface area (Å²) in [4.78, 5) is 32.8. The number of amides is 2. The summed E-state index contributed by atoms with van der Waals surface area (Å²) in [5, 5.41) is 2.65. The molecule has 6 nitrogen and oxygen atoms in total. The number of anilines is 1. The molecule has 6 heteroatoms. The van der Waals surface area contributed by atoms with E-state index in [9.17, 15) is 9.59 Å². The van der Waals surface area contributed by atoms with Crippen molar-refractivity contribution >= 4 is 28.8 Å². The van der Waals surface area contributed by atoms with Crippen LogP contribution in [0.2, 0.25) is 0 Å². The third-order valence-electron chi connectivity index (χ3n) is 3.41. The van der Waals surface area contributed by atoms with Crippen molar-refractivity contribution in [1.82, 2.24) is 14.9 Å². The molecule has 116 valence electrons. The Bertz CT molecular complexity index is 869. The molecule has 0 aliphatic carbocycles. The average Bonchev–Trinajstić information content (AvgIpc) is 2.96. The number of benzene rings is 2. The van der Waals surface area contributed by atoms with Gasteiger partial charge in [-0.15, -0.1) is 0 Å². The average molecular weight is 308 g/mol. The highest BCUT2D eigenvalue weighted by atomic mass is 16.2. The number of carbonyl (C=O) groups is 2. The van der Waals surface area contributed by atoms with Gasteiger partial charge >= 0.3 is 6.03 Å². The zero-order chi connectivity index (χ0) is 16.4. The number of nitrogens with one attached hydrogen (secondary N) is 2. The number of aromatic amines is 1. The third kappa shape index (κ3) is 3.06. The molecule has 2 aromatic carbocycles. The van der Waals surface area contributed by atoms with Crippen LogP contribution in [0.25, 0.3) is 11.0 Å². The van der Waals surface area contributed by atoms with Gasteiger partial charge in [-0.3, -0.25) is 10.1 Å². The van der Waals surface area contributed by atoms with Gasteiger partial charge in [0.05, 0.1) is 11.0 Å². The van der Waals surface area contributed by atoms with Crippen LogP contribution in [0.15, 0.2) is 48.5 Å². The second-order valence-corrected chi connectivity index (χ2v) is 5.34. The zero-order valence-electron chi connectivity index (χ0n) is 12.8. The van der Waals surface area contributed by atoms with Crippen LogP contribution < -0.4 is 5.32 Å². The molecule has 0 aliphatic heterocycles. The molecular weight excluding hydrogens is 292 g/mol. The van der Waals surface area contributed by atoms with Gasteiger partial charge in [0.1, 0.15) is 0 Å². The summed E-state index contributed by atoms with van der Waals surface area (Å²) in [6, 6.07) is 14.0. The van der Waals surface area contributed by atoms with Crippen LogP contribution in [-0.4, -0.2) is 40.8 Å². The van der Waals surface area contributed by atoms with Crippen LogP contribution in [0.4, 0.5) is 10.7 Å². The number of hydrogen-bond acceptors (Lipinski definition) is 3. The van der Waals surface area contributed by atoms with Gasteiger partial charge in [0.25, 0.3) is 0 Å². The number of rotatable bonds is 3. The Morgan fingerprint density at radius 3 is 2.48 bits per heavy atom. The maximum absolute atomic E-state index is 12.5. The molecule has 0 unspecified atom stereocenters. The molecule has 23 heavy (non-hydrogen) atoms. The van der Waals surface area contributed by atoms with Crippen molar-refractivity contribution in [1.29, 1.82) is 0 Å². The molecule has 0 saturated carbocycles. The number of hydrogen-bond donors (Lipinski definition) is 2. The largest absolute Gasteiger partial charge is 0.331 e. The lowest BCUT2D eigenvalue weighted by Gasteiger charge is -2.09. The van der Waals surface area contributed by atoms with Crippen LogP contribution in [-0.2, 0) is 0 Å². The minimum Gasteiger partial charge on any atom is -0.331 e. The van der Waals surface area contributed by atoms with Gasteiger partial charge in [-0.2, -0.15) is 0 Å². The Morgan fingerprint density at radius 2 is 1.78 bits per heavy atom. The van der Waals surface area contributed by atoms with E-state index in [-0.39, 0.29) is 11.8 Å². The molecular formula is C17H16N4O2. The highest BCUT2D eigenvalue weighted by Gasteiger charge is 2.12. The topological polar surface area (TPSA) is 78.1 Å². The molecule has 0 bridgehead atoms. The standard InChI is InChI=1S/C17H16N4O2/c1-21(2)17(23)20-16-18-13-9-8-12(10-14(13)19-16)15(22)11-6-4-3-5-7-11/h3-10H,1-2H3,(H2,18,19,20,23). The minimum absolute atomic E-state index is 0.0547. The maximum Gasteiger partial charge on any atom is 0.323 e. The number of ketones is 1. The van der Waals surface area contributed by atoms with Crippen molar-refractivity contribution in [2.45, 2.75) is 0 Å². The van der Waals surface area contributed by atoms with Gasteiger partial charge in [-0.25, -0.2) is 9.78 Å². The Balaban J connectivity index is 1.90. The van der Waals surface area contributed by atoms with Crippen LogP contribution in [0.1, 0.15) is 15.9 Å². The number of nitrogens with zero attached hydrogens (tertiary/aromatic N) is 2. The maximum atomic E-state index is 12.5. The Morgan fingerprint density at radius 1 is 1.04 bits per heavy atom. The first-order chi connectivity index (χ1) is 11.0. The summed E-state index contributed by atoms with van der Waals surface area (Å²) in [5.41, 5.74) is 2.58. The third-order valence-corrected chi connectivity index (χ3v) is 3.41. The second-order valence-electron chi connectivity index (χ2n) is 5.34. The zero-order valence-corrected chi connectivity index (χ0v) is 12.8. The van der Waals surface area contributed by atoms with Gasteiger partial charge in [0, 0.05) is 25.2 Å². The van der Waals surface area contributed by atoms with Gasteiger partial charge < -0.3 is 9.88 Å². The first-order valence-electron chi connectivity index (χ1n) is 7.12. The molecule has 0 aliphatic rings. The first-order valence-corrected chi connectivity index (χ1v) is 7.12. The molecule has 0 saturated heterocycles. The van der Waals surface area contributed by atoms with E-state index in [0.717, 1.165) is 0 Å². The molecule has 0 atom stereocenters. The molecule has 2 amide bonds. The second kappa shape index (κ2) is 5.92. The summed E-state index contributed by atoms with van der Waals surface area (Å²) in [6.07, 6.45) is 0. The predicted octanol–water partition coefficient (Wildman–Crippen LogP) is 2.89. The van der Waals surface area contributed by atoms with E-state index >= 15 is 0 Å². The molecule has 0 spiro atoms. The highest BCUT2D eigenvalue weighted by Crippen LogP contribution is 2.18. The predicted molar refractivity (Wildman–Crippen MR) is 88.7 cm³/mol. The van der Waals surface area contributed by atoms with Gasteiger partial charge in [-0.1, -0.05) is 30.3 Å². The van der Waals surface area contributed by atoms with Crippen LogP contribution >= 0.6 is 0 Å².